The van der Waals surface area contributed by atoms with Crippen LogP contribution >= 0.6 is 27.5 Å². The molecule has 0 aliphatic carbocycles. The van der Waals surface area contributed by atoms with Crippen molar-refractivity contribution in [3.05, 3.63) is 43.7 Å². The van der Waals surface area contributed by atoms with Crippen LogP contribution in [0.3, 0.4) is 0 Å². The first-order valence-corrected chi connectivity index (χ1v) is 4.36. The second-order valence-corrected chi connectivity index (χ2v) is 3.39. The topological polar surface area (TPSA) is 65.8 Å². The van der Waals surface area contributed by atoms with Gasteiger partial charge in [0.25, 0.3) is 0 Å². The van der Waals surface area contributed by atoms with Crippen LogP contribution in [0.25, 0.3) is 10.4 Å². The Kier molecular flexibility index (Phi) is 3.31. The Labute approximate surface area is 87.3 Å². The second kappa shape index (κ2) is 4.28. The molecule has 0 N–H and O–H groups in total. The first-order chi connectivity index (χ1) is 6.15. The summed E-state index contributed by atoms with van der Waals surface area (Å²) < 4.78 is 0.591. The van der Waals surface area contributed by atoms with E-state index in [0.717, 1.165) is 0 Å². The Bertz CT molecular complexity index is 401. The van der Waals surface area contributed by atoms with Gasteiger partial charge in [-0.15, -0.1) is 0 Å². The minimum atomic E-state index is -0.625. The van der Waals surface area contributed by atoms with Crippen LogP contribution in [0, 0.1) is 0 Å². The molecule has 13 heavy (non-hydrogen) atoms. The lowest BCUT2D eigenvalue weighted by Crippen LogP contribution is -1.92. The number of carbonyl (C=O) groups excluding carboxylic acids is 1. The number of benzene rings is 1. The standard InChI is InChI=1S/C7H3BrClN3O/c8-5-3-4(1-2-6(5)9)7(13)11-12-10/h1-3H. The molecule has 0 saturated carbocycles. The highest BCUT2D eigenvalue weighted by molar-refractivity contribution is 9.10. The number of amides is 1. The minimum absolute atomic E-state index is 0.300. The molecule has 0 aliphatic rings. The molecule has 0 bridgehead atoms. The van der Waals surface area contributed by atoms with Gasteiger partial charge in [0.15, 0.2) is 0 Å². The van der Waals surface area contributed by atoms with Gasteiger partial charge in [0.2, 0.25) is 5.91 Å². The van der Waals surface area contributed by atoms with Crippen molar-refractivity contribution >= 4 is 33.4 Å². The molecule has 1 rings (SSSR count). The molecule has 0 saturated heterocycles. The highest BCUT2D eigenvalue weighted by Crippen LogP contribution is 2.23. The molecule has 0 aromatic heterocycles. The van der Waals surface area contributed by atoms with E-state index in [0.29, 0.717) is 15.1 Å². The molecule has 0 radical (unpaired) electrons. The average Bonchev–Trinajstić information content (AvgIpc) is 2.10. The zero-order valence-electron chi connectivity index (χ0n) is 6.24. The number of rotatable bonds is 1. The van der Waals surface area contributed by atoms with Crippen molar-refractivity contribution < 1.29 is 4.79 Å². The summed E-state index contributed by atoms with van der Waals surface area (Å²) in [6, 6.07) is 4.54. The molecular formula is C7H3BrClN3O. The molecule has 0 atom stereocenters. The van der Waals surface area contributed by atoms with E-state index in [-0.39, 0.29) is 0 Å². The van der Waals surface area contributed by atoms with Crippen LogP contribution in [0.15, 0.2) is 27.8 Å². The maximum Gasteiger partial charge on any atom is 0.249 e. The Morgan fingerprint density at radius 1 is 1.62 bits per heavy atom. The van der Waals surface area contributed by atoms with Gasteiger partial charge in [0.1, 0.15) is 0 Å². The lowest BCUT2D eigenvalue weighted by atomic mass is 10.2. The molecule has 1 amide bonds. The predicted octanol–water partition coefficient (Wildman–Crippen LogP) is 3.55. The van der Waals surface area contributed by atoms with Crippen LogP contribution in [0.2, 0.25) is 5.02 Å². The van der Waals surface area contributed by atoms with Crippen LogP contribution in [0.5, 0.6) is 0 Å². The van der Waals surface area contributed by atoms with Gasteiger partial charge in [0.05, 0.1) is 5.02 Å². The molecule has 1 aromatic carbocycles. The fraction of sp³-hybridized carbons (Fsp3) is 0. The molecule has 66 valence electrons. The molecule has 0 heterocycles. The third-order valence-corrected chi connectivity index (χ3v) is 2.52. The van der Waals surface area contributed by atoms with E-state index >= 15 is 0 Å². The van der Waals surface area contributed by atoms with Gasteiger partial charge in [-0.05, 0) is 44.8 Å². The largest absolute Gasteiger partial charge is 0.287 e. The van der Waals surface area contributed by atoms with Crippen LogP contribution in [-0.2, 0) is 0 Å². The van der Waals surface area contributed by atoms with Crippen LogP contribution in [0.1, 0.15) is 10.4 Å². The SMILES string of the molecule is [N-]=[N+]=NC(=O)c1ccc(Cl)c(Br)c1. The van der Waals surface area contributed by atoms with Gasteiger partial charge in [-0.1, -0.05) is 11.6 Å². The van der Waals surface area contributed by atoms with Crippen molar-refractivity contribution in [2.45, 2.75) is 0 Å². The van der Waals surface area contributed by atoms with Gasteiger partial charge in [-0.2, -0.15) is 0 Å². The third kappa shape index (κ3) is 2.45. The second-order valence-electron chi connectivity index (χ2n) is 2.12. The number of hydrogen-bond donors (Lipinski definition) is 0. The van der Waals surface area contributed by atoms with E-state index in [4.69, 9.17) is 17.1 Å². The lowest BCUT2D eigenvalue weighted by Gasteiger charge is -1.97. The Morgan fingerprint density at radius 3 is 2.85 bits per heavy atom. The summed E-state index contributed by atoms with van der Waals surface area (Å²) in [7, 11) is 0. The monoisotopic (exact) mass is 259 g/mol. The van der Waals surface area contributed by atoms with Crippen LogP contribution < -0.4 is 0 Å². The summed E-state index contributed by atoms with van der Waals surface area (Å²) in [6.07, 6.45) is 0. The Hall–Kier alpha value is -1.03. The van der Waals surface area contributed by atoms with Crippen molar-refractivity contribution in [3.8, 4) is 0 Å². The zero-order valence-corrected chi connectivity index (χ0v) is 8.58. The van der Waals surface area contributed by atoms with Gasteiger partial charge in [0, 0.05) is 14.9 Å². The number of halogens is 2. The van der Waals surface area contributed by atoms with E-state index < -0.39 is 5.91 Å². The fourth-order valence-electron chi connectivity index (χ4n) is 0.728. The smallest absolute Gasteiger partial charge is 0.249 e. The maximum atomic E-state index is 11.0. The Balaban J connectivity index is 3.10. The van der Waals surface area contributed by atoms with E-state index in [9.17, 15) is 4.79 Å². The zero-order chi connectivity index (χ0) is 9.84. The highest BCUT2D eigenvalue weighted by atomic mass is 79.9. The van der Waals surface area contributed by atoms with E-state index in [2.05, 4.69) is 26.0 Å². The van der Waals surface area contributed by atoms with Crippen molar-refractivity contribution in [2.75, 3.05) is 0 Å². The molecule has 0 unspecified atom stereocenters. The summed E-state index contributed by atoms with van der Waals surface area (Å²) in [5.41, 5.74) is 8.32. The molecule has 4 nitrogen and oxygen atoms in total. The molecule has 0 aliphatic heterocycles. The van der Waals surface area contributed by atoms with Crippen LogP contribution in [-0.4, -0.2) is 5.91 Å². The van der Waals surface area contributed by atoms with E-state index in [1.807, 2.05) is 0 Å². The first kappa shape index (κ1) is 10.1. The first-order valence-electron chi connectivity index (χ1n) is 3.19. The number of hydrogen-bond acceptors (Lipinski definition) is 1. The molecule has 1 aromatic rings. The Morgan fingerprint density at radius 2 is 2.31 bits per heavy atom. The number of azide groups is 1. The van der Waals surface area contributed by atoms with Crippen molar-refractivity contribution in [1.82, 2.24) is 0 Å². The minimum Gasteiger partial charge on any atom is -0.287 e. The molecule has 0 fully saturated rings. The summed E-state index contributed by atoms with van der Waals surface area (Å²) in [6.45, 7) is 0. The maximum absolute atomic E-state index is 11.0. The molecule has 0 spiro atoms. The van der Waals surface area contributed by atoms with Crippen molar-refractivity contribution in [1.29, 1.82) is 0 Å². The van der Waals surface area contributed by atoms with Crippen molar-refractivity contribution in [2.24, 2.45) is 5.11 Å². The normalized spacial score (nSPS) is 9.08. The fourth-order valence-corrected chi connectivity index (χ4v) is 1.22. The number of carbonyl (C=O) groups is 1. The van der Waals surface area contributed by atoms with Crippen molar-refractivity contribution in [3.63, 3.8) is 0 Å². The molecule has 6 heteroatoms. The summed E-state index contributed by atoms with van der Waals surface area (Å²) in [4.78, 5) is 13.4. The van der Waals surface area contributed by atoms with Gasteiger partial charge >= 0.3 is 0 Å². The van der Waals surface area contributed by atoms with E-state index in [1.54, 1.807) is 6.07 Å². The molecular weight excluding hydrogens is 257 g/mol. The highest BCUT2D eigenvalue weighted by Gasteiger charge is 2.04. The van der Waals surface area contributed by atoms with Gasteiger partial charge in [-0.25, -0.2) is 0 Å². The van der Waals surface area contributed by atoms with Gasteiger partial charge in [-0.3, -0.25) is 4.79 Å². The van der Waals surface area contributed by atoms with Gasteiger partial charge < -0.3 is 0 Å². The van der Waals surface area contributed by atoms with Crippen LogP contribution in [0.4, 0.5) is 0 Å². The average molecular weight is 260 g/mol. The summed E-state index contributed by atoms with van der Waals surface area (Å²) >= 11 is 8.85. The number of nitrogens with zero attached hydrogens (tertiary/aromatic N) is 3. The summed E-state index contributed by atoms with van der Waals surface area (Å²) in [5, 5.41) is 3.44. The third-order valence-electron chi connectivity index (χ3n) is 1.30. The lowest BCUT2D eigenvalue weighted by molar-refractivity contribution is 0.100. The summed E-state index contributed by atoms with van der Waals surface area (Å²) in [5.74, 6) is -0.625. The quantitative estimate of drug-likeness (QED) is 0.432. The predicted molar refractivity (Wildman–Crippen MR) is 52.6 cm³/mol. The van der Waals surface area contributed by atoms with E-state index in [1.165, 1.54) is 12.1 Å².